The monoisotopic (exact) mass is 312 g/mol. The standard InChI is InChI=1S/C18H16OS2/c19-18(17-10-15-11-20-8-7-16(15)21-17)14-6-5-12-3-1-2-4-13(12)9-14/h1-6,9-10,18-19H,7-8,11H2. The van der Waals surface area contributed by atoms with E-state index >= 15 is 0 Å². The molecule has 3 heteroatoms. The van der Waals surface area contributed by atoms with Gasteiger partial charge in [0, 0.05) is 15.5 Å². The minimum atomic E-state index is -0.504. The fourth-order valence-electron chi connectivity index (χ4n) is 2.85. The van der Waals surface area contributed by atoms with Crippen molar-refractivity contribution in [2.45, 2.75) is 18.3 Å². The molecule has 1 N–H and O–H groups in total. The predicted octanol–water partition coefficient (Wildman–Crippen LogP) is 4.77. The Morgan fingerprint density at radius 1 is 1.00 bits per heavy atom. The van der Waals surface area contributed by atoms with Gasteiger partial charge in [-0.15, -0.1) is 11.3 Å². The second-order valence-corrected chi connectivity index (χ2v) is 7.68. The Bertz CT molecular complexity index is 767. The lowest BCUT2D eigenvalue weighted by Crippen LogP contribution is -1.97. The first-order valence-electron chi connectivity index (χ1n) is 7.17. The third-order valence-electron chi connectivity index (χ3n) is 4.01. The van der Waals surface area contributed by atoms with Gasteiger partial charge >= 0.3 is 0 Å². The van der Waals surface area contributed by atoms with E-state index < -0.39 is 6.10 Å². The first-order valence-corrected chi connectivity index (χ1v) is 9.14. The number of thiophene rings is 1. The quantitative estimate of drug-likeness (QED) is 0.735. The van der Waals surface area contributed by atoms with Gasteiger partial charge in [-0.1, -0.05) is 36.4 Å². The number of benzene rings is 2. The maximum Gasteiger partial charge on any atom is 0.113 e. The van der Waals surface area contributed by atoms with Crippen molar-refractivity contribution in [1.82, 2.24) is 0 Å². The van der Waals surface area contributed by atoms with Crippen molar-refractivity contribution in [3.8, 4) is 0 Å². The molecule has 1 aromatic heterocycles. The lowest BCUT2D eigenvalue weighted by Gasteiger charge is -2.10. The van der Waals surface area contributed by atoms with Gasteiger partial charge in [-0.3, -0.25) is 0 Å². The van der Waals surface area contributed by atoms with Gasteiger partial charge in [-0.2, -0.15) is 11.8 Å². The molecule has 0 amide bonds. The van der Waals surface area contributed by atoms with Crippen LogP contribution in [0.1, 0.15) is 27.0 Å². The van der Waals surface area contributed by atoms with E-state index in [-0.39, 0.29) is 0 Å². The molecule has 4 rings (SSSR count). The van der Waals surface area contributed by atoms with Gasteiger partial charge in [0.2, 0.25) is 0 Å². The zero-order chi connectivity index (χ0) is 14.2. The van der Waals surface area contributed by atoms with Crippen LogP contribution in [0, 0.1) is 0 Å². The second-order valence-electron chi connectivity index (χ2n) is 5.41. The van der Waals surface area contributed by atoms with E-state index in [0.29, 0.717) is 0 Å². The highest BCUT2D eigenvalue weighted by atomic mass is 32.2. The summed E-state index contributed by atoms with van der Waals surface area (Å²) in [5, 5.41) is 13.1. The number of thioether (sulfide) groups is 1. The summed E-state index contributed by atoms with van der Waals surface area (Å²) < 4.78 is 0. The van der Waals surface area contributed by atoms with Gasteiger partial charge in [0.25, 0.3) is 0 Å². The van der Waals surface area contributed by atoms with Crippen LogP contribution in [0.2, 0.25) is 0 Å². The SMILES string of the molecule is OC(c1ccc2ccccc2c1)c1cc2c(s1)CCSC2. The van der Waals surface area contributed by atoms with Crippen LogP contribution >= 0.6 is 23.1 Å². The van der Waals surface area contributed by atoms with Crippen LogP contribution in [0.5, 0.6) is 0 Å². The minimum Gasteiger partial charge on any atom is -0.383 e. The Kier molecular flexibility index (Phi) is 3.49. The zero-order valence-corrected chi connectivity index (χ0v) is 13.2. The Morgan fingerprint density at radius 3 is 2.71 bits per heavy atom. The highest BCUT2D eigenvalue weighted by Crippen LogP contribution is 2.36. The fraction of sp³-hybridized carbons (Fsp3) is 0.222. The molecule has 2 aromatic carbocycles. The molecule has 0 radical (unpaired) electrons. The topological polar surface area (TPSA) is 20.2 Å². The summed E-state index contributed by atoms with van der Waals surface area (Å²) in [5.41, 5.74) is 2.41. The number of aliphatic hydroxyl groups excluding tert-OH is 1. The molecule has 3 aromatic rings. The molecule has 0 saturated heterocycles. The average molecular weight is 312 g/mol. The van der Waals surface area contributed by atoms with Gasteiger partial charge in [-0.25, -0.2) is 0 Å². The normalized spacial score (nSPS) is 15.9. The molecular formula is C18H16OS2. The number of aliphatic hydroxyl groups is 1. The van der Waals surface area contributed by atoms with Gasteiger partial charge < -0.3 is 5.11 Å². The van der Waals surface area contributed by atoms with Crippen molar-refractivity contribution in [1.29, 1.82) is 0 Å². The lowest BCUT2D eigenvalue weighted by molar-refractivity contribution is 0.224. The van der Waals surface area contributed by atoms with Gasteiger partial charge in [-0.05, 0) is 46.2 Å². The highest BCUT2D eigenvalue weighted by molar-refractivity contribution is 7.98. The van der Waals surface area contributed by atoms with E-state index in [0.717, 1.165) is 22.6 Å². The zero-order valence-electron chi connectivity index (χ0n) is 11.6. The van der Waals surface area contributed by atoms with Crippen LogP contribution in [0.3, 0.4) is 0 Å². The van der Waals surface area contributed by atoms with Crippen LogP contribution < -0.4 is 0 Å². The van der Waals surface area contributed by atoms with Gasteiger partial charge in [0.15, 0.2) is 0 Å². The number of hydrogen-bond donors (Lipinski definition) is 1. The maximum absolute atomic E-state index is 10.7. The van der Waals surface area contributed by atoms with Crippen molar-refractivity contribution in [2.24, 2.45) is 0 Å². The average Bonchev–Trinajstić information content (AvgIpc) is 2.97. The van der Waals surface area contributed by atoms with Crippen LogP contribution in [0.4, 0.5) is 0 Å². The van der Waals surface area contributed by atoms with Crippen molar-refractivity contribution < 1.29 is 5.11 Å². The van der Waals surface area contributed by atoms with Crippen molar-refractivity contribution in [3.05, 3.63) is 69.4 Å². The summed E-state index contributed by atoms with van der Waals surface area (Å²) in [6.45, 7) is 0. The largest absolute Gasteiger partial charge is 0.383 e. The van der Waals surface area contributed by atoms with Crippen molar-refractivity contribution in [2.75, 3.05) is 5.75 Å². The molecule has 1 aliphatic rings. The molecule has 1 atom stereocenters. The van der Waals surface area contributed by atoms with E-state index in [1.165, 1.54) is 27.0 Å². The fourth-order valence-corrected chi connectivity index (χ4v) is 5.24. The van der Waals surface area contributed by atoms with Crippen LogP contribution in [0.15, 0.2) is 48.5 Å². The van der Waals surface area contributed by atoms with Gasteiger partial charge in [0.05, 0.1) is 0 Å². The predicted molar refractivity (Wildman–Crippen MR) is 92.2 cm³/mol. The molecule has 2 heterocycles. The summed E-state index contributed by atoms with van der Waals surface area (Å²) in [6, 6.07) is 16.7. The Labute approximate surface area is 132 Å². The molecular weight excluding hydrogens is 296 g/mol. The van der Waals surface area contributed by atoms with E-state index in [2.05, 4.69) is 30.3 Å². The molecule has 106 valence electrons. The number of fused-ring (bicyclic) bond motifs is 2. The molecule has 1 nitrogen and oxygen atoms in total. The summed E-state index contributed by atoms with van der Waals surface area (Å²) >= 11 is 3.77. The third kappa shape index (κ3) is 2.50. The molecule has 0 spiro atoms. The van der Waals surface area contributed by atoms with Crippen molar-refractivity contribution in [3.63, 3.8) is 0 Å². The molecule has 0 bridgehead atoms. The van der Waals surface area contributed by atoms with E-state index in [1.54, 1.807) is 11.3 Å². The third-order valence-corrected chi connectivity index (χ3v) is 6.30. The lowest BCUT2D eigenvalue weighted by atomic mass is 10.0. The molecule has 1 unspecified atom stereocenters. The van der Waals surface area contributed by atoms with Gasteiger partial charge in [0.1, 0.15) is 6.10 Å². The summed E-state index contributed by atoms with van der Waals surface area (Å²) in [6.07, 6.45) is 0.643. The Morgan fingerprint density at radius 2 is 1.86 bits per heavy atom. The second kappa shape index (κ2) is 5.48. The van der Waals surface area contributed by atoms with E-state index in [9.17, 15) is 5.11 Å². The molecule has 0 fully saturated rings. The Hall–Kier alpha value is -1.29. The van der Waals surface area contributed by atoms with E-state index in [1.807, 2.05) is 30.0 Å². The summed E-state index contributed by atoms with van der Waals surface area (Å²) in [7, 11) is 0. The molecule has 1 aliphatic heterocycles. The smallest absolute Gasteiger partial charge is 0.113 e. The molecule has 0 aliphatic carbocycles. The summed E-state index contributed by atoms with van der Waals surface area (Å²) in [4.78, 5) is 2.54. The van der Waals surface area contributed by atoms with Crippen LogP contribution in [-0.2, 0) is 12.2 Å². The number of hydrogen-bond acceptors (Lipinski definition) is 3. The highest BCUT2D eigenvalue weighted by Gasteiger charge is 2.19. The van der Waals surface area contributed by atoms with Crippen LogP contribution in [0.25, 0.3) is 10.8 Å². The molecule has 21 heavy (non-hydrogen) atoms. The number of rotatable bonds is 2. The van der Waals surface area contributed by atoms with Crippen molar-refractivity contribution >= 4 is 33.9 Å². The molecule has 0 saturated carbocycles. The first kappa shape index (κ1) is 13.4. The first-order chi connectivity index (χ1) is 10.3. The number of aryl methyl sites for hydroxylation is 1. The minimum absolute atomic E-state index is 0.504. The van der Waals surface area contributed by atoms with Crippen LogP contribution in [-0.4, -0.2) is 10.9 Å². The maximum atomic E-state index is 10.7. The summed E-state index contributed by atoms with van der Waals surface area (Å²) in [5.74, 6) is 2.30. The van der Waals surface area contributed by atoms with E-state index in [4.69, 9.17) is 0 Å². The Balaban J connectivity index is 1.71.